The predicted octanol–water partition coefficient (Wildman–Crippen LogP) is 4.04. The van der Waals surface area contributed by atoms with Gasteiger partial charge in [-0.3, -0.25) is 0 Å². The van der Waals surface area contributed by atoms with E-state index in [1.54, 1.807) is 0 Å². The van der Waals surface area contributed by atoms with Crippen LogP contribution in [0.2, 0.25) is 5.02 Å². The molecule has 30 heavy (non-hydrogen) atoms. The number of benzene rings is 2. The number of ether oxygens (including phenoxy) is 1. The zero-order valence-corrected chi connectivity index (χ0v) is 17.2. The van der Waals surface area contributed by atoms with E-state index in [2.05, 4.69) is 35.0 Å². The minimum absolute atomic E-state index is 0.268. The van der Waals surface area contributed by atoms with Crippen molar-refractivity contribution in [1.82, 2.24) is 4.90 Å². The smallest absolute Gasteiger partial charge is 0.328 e. The van der Waals surface area contributed by atoms with E-state index in [9.17, 15) is 9.59 Å². The first-order chi connectivity index (χ1) is 14.3. The first-order valence-corrected chi connectivity index (χ1v) is 9.88. The molecule has 2 aromatic rings. The van der Waals surface area contributed by atoms with E-state index in [0.29, 0.717) is 12.2 Å². The van der Waals surface area contributed by atoms with Crippen molar-refractivity contribution in [2.75, 3.05) is 31.6 Å². The molecule has 2 N–H and O–H groups in total. The van der Waals surface area contributed by atoms with Gasteiger partial charge in [-0.2, -0.15) is 0 Å². The highest BCUT2D eigenvalue weighted by molar-refractivity contribution is 6.30. The average Bonchev–Trinajstić information content (AvgIpc) is 2.96. The van der Waals surface area contributed by atoms with Crippen LogP contribution in [0.3, 0.4) is 0 Å². The summed E-state index contributed by atoms with van der Waals surface area (Å²) in [5.41, 5.74) is 2.35. The molecule has 0 saturated carbocycles. The van der Waals surface area contributed by atoms with Gasteiger partial charge in [0, 0.05) is 35.8 Å². The fraction of sp³-hybridized carbons (Fsp3) is 0.273. The summed E-state index contributed by atoms with van der Waals surface area (Å²) in [6, 6.07) is 14.5. The van der Waals surface area contributed by atoms with Crippen LogP contribution in [0, 0.1) is 0 Å². The summed E-state index contributed by atoms with van der Waals surface area (Å²) < 4.78 is 6.21. The van der Waals surface area contributed by atoms with Crippen LogP contribution in [0.25, 0.3) is 0 Å². The summed E-state index contributed by atoms with van der Waals surface area (Å²) in [5.74, 6) is -0.669. The summed E-state index contributed by atoms with van der Waals surface area (Å²) in [6.07, 6.45) is 2.27. The van der Waals surface area contributed by atoms with Gasteiger partial charge in [0.2, 0.25) is 0 Å². The Morgan fingerprint density at radius 1 is 1.07 bits per heavy atom. The quantitative estimate of drug-likeness (QED) is 0.695. The Labute approximate surface area is 179 Å². The highest BCUT2D eigenvalue weighted by Crippen LogP contribution is 2.45. The number of anilines is 1. The van der Waals surface area contributed by atoms with Crippen molar-refractivity contribution < 1.29 is 24.5 Å². The molecule has 0 radical (unpaired) electrons. The minimum atomic E-state index is -1.26. The van der Waals surface area contributed by atoms with E-state index in [1.807, 2.05) is 24.3 Å². The number of nitrogens with zero attached hydrogens (tertiary/aromatic N) is 2. The summed E-state index contributed by atoms with van der Waals surface area (Å²) in [6.45, 7) is 3.12. The maximum Gasteiger partial charge on any atom is 0.328 e. The lowest BCUT2D eigenvalue weighted by molar-refractivity contribution is -0.134. The number of para-hydroxylation sites is 2. The fourth-order valence-electron chi connectivity index (χ4n) is 3.62. The number of carbonyl (C=O) groups is 2. The third-order valence-electron chi connectivity index (χ3n) is 4.89. The van der Waals surface area contributed by atoms with Gasteiger partial charge in [0.05, 0.1) is 11.7 Å². The molecule has 1 unspecified atom stereocenters. The van der Waals surface area contributed by atoms with Crippen LogP contribution in [0.4, 0.5) is 5.69 Å². The zero-order valence-electron chi connectivity index (χ0n) is 16.5. The maximum absolute atomic E-state index is 9.55. The van der Waals surface area contributed by atoms with Crippen molar-refractivity contribution in [3.63, 3.8) is 0 Å². The number of fused-ring (bicyclic) bond motifs is 5. The SMILES string of the molecule is CN1CCCN2c3ccccc3Oc3ccc(Cl)cc3C2C1.O=C(O)/C=C\C(=O)O. The van der Waals surface area contributed by atoms with Crippen LogP contribution in [0.15, 0.2) is 54.6 Å². The number of aliphatic carboxylic acids is 2. The number of carboxylic acid groups (broad SMARTS) is 2. The summed E-state index contributed by atoms with van der Waals surface area (Å²) in [4.78, 5) is 24.0. The molecule has 0 bridgehead atoms. The number of likely N-dealkylation sites (N-methyl/N-ethyl adjacent to an activating group) is 1. The molecule has 2 aliphatic rings. The van der Waals surface area contributed by atoms with Crippen LogP contribution in [-0.2, 0) is 9.59 Å². The van der Waals surface area contributed by atoms with Crippen molar-refractivity contribution in [3.8, 4) is 11.5 Å². The second-order valence-corrected chi connectivity index (χ2v) is 7.52. The standard InChI is InChI=1S/C18H19ClN2O.C4H4O4/c1-20-9-4-10-21-15-5-2-3-6-18(15)22-17-8-7-13(19)11-14(17)16(21)12-20;5-3(6)1-2-4(7)8/h2-3,5-8,11,16H,4,9-10,12H2,1H3;1-2H,(H,5,6)(H,7,8)/b;2-1-. The second kappa shape index (κ2) is 9.65. The number of hydrogen-bond acceptors (Lipinski definition) is 5. The Morgan fingerprint density at radius 3 is 2.47 bits per heavy atom. The van der Waals surface area contributed by atoms with Crippen molar-refractivity contribution in [2.24, 2.45) is 0 Å². The molecule has 2 heterocycles. The van der Waals surface area contributed by atoms with Crippen molar-refractivity contribution in [2.45, 2.75) is 12.5 Å². The molecule has 1 fully saturated rings. The summed E-state index contributed by atoms with van der Waals surface area (Å²) in [5, 5.41) is 16.4. The first-order valence-electron chi connectivity index (χ1n) is 9.50. The molecule has 2 aromatic carbocycles. The Morgan fingerprint density at radius 2 is 1.77 bits per heavy atom. The van der Waals surface area contributed by atoms with Gasteiger partial charge in [-0.05, 0) is 50.3 Å². The first kappa shape index (κ1) is 21.7. The van der Waals surface area contributed by atoms with Crippen LogP contribution in [0.5, 0.6) is 11.5 Å². The Kier molecular flexibility index (Phi) is 6.97. The third-order valence-corrected chi connectivity index (χ3v) is 5.13. The van der Waals surface area contributed by atoms with E-state index in [1.165, 1.54) is 11.3 Å². The lowest BCUT2D eigenvalue weighted by Crippen LogP contribution is -2.32. The van der Waals surface area contributed by atoms with Gasteiger partial charge in [0.25, 0.3) is 0 Å². The van der Waals surface area contributed by atoms with Crippen LogP contribution in [0.1, 0.15) is 18.0 Å². The third kappa shape index (κ3) is 5.31. The van der Waals surface area contributed by atoms with E-state index in [-0.39, 0.29) is 6.04 Å². The number of hydrogen-bond donors (Lipinski definition) is 2. The highest BCUT2D eigenvalue weighted by atomic mass is 35.5. The summed E-state index contributed by atoms with van der Waals surface area (Å²) >= 11 is 6.26. The van der Waals surface area contributed by atoms with Gasteiger partial charge in [-0.15, -0.1) is 0 Å². The zero-order chi connectivity index (χ0) is 21.7. The van der Waals surface area contributed by atoms with E-state index in [4.69, 9.17) is 26.6 Å². The topological polar surface area (TPSA) is 90.3 Å². The largest absolute Gasteiger partial charge is 0.478 e. The van der Waals surface area contributed by atoms with Crippen LogP contribution < -0.4 is 9.64 Å². The Hall–Kier alpha value is -3.03. The molecule has 0 aliphatic carbocycles. The molecule has 158 valence electrons. The van der Waals surface area contributed by atoms with Gasteiger partial charge in [0.15, 0.2) is 5.75 Å². The van der Waals surface area contributed by atoms with Crippen LogP contribution >= 0.6 is 11.6 Å². The van der Waals surface area contributed by atoms with Crippen molar-refractivity contribution >= 4 is 29.2 Å². The molecule has 0 spiro atoms. The van der Waals surface area contributed by atoms with E-state index >= 15 is 0 Å². The summed E-state index contributed by atoms with van der Waals surface area (Å²) in [7, 11) is 2.19. The Bertz CT molecular complexity index is 946. The number of halogens is 1. The molecular formula is C22H23ClN2O5. The lowest BCUT2D eigenvalue weighted by Gasteiger charge is -2.31. The maximum atomic E-state index is 9.55. The van der Waals surface area contributed by atoms with E-state index < -0.39 is 11.9 Å². The van der Waals surface area contributed by atoms with Crippen molar-refractivity contribution in [1.29, 1.82) is 0 Å². The van der Waals surface area contributed by atoms with E-state index in [0.717, 1.165) is 42.6 Å². The molecule has 0 aromatic heterocycles. The number of carboxylic acids is 2. The lowest BCUT2D eigenvalue weighted by atomic mass is 10.0. The molecule has 2 aliphatic heterocycles. The van der Waals surface area contributed by atoms with Crippen molar-refractivity contribution in [3.05, 3.63) is 65.2 Å². The average molecular weight is 431 g/mol. The molecule has 7 nitrogen and oxygen atoms in total. The monoisotopic (exact) mass is 430 g/mol. The normalized spacial score (nSPS) is 17.9. The fourth-order valence-corrected chi connectivity index (χ4v) is 3.80. The molecule has 4 rings (SSSR count). The molecule has 0 amide bonds. The van der Waals surface area contributed by atoms with Crippen LogP contribution in [-0.4, -0.2) is 53.7 Å². The van der Waals surface area contributed by atoms with Gasteiger partial charge >= 0.3 is 11.9 Å². The minimum Gasteiger partial charge on any atom is -0.478 e. The predicted molar refractivity (Wildman–Crippen MR) is 115 cm³/mol. The van der Waals surface area contributed by atoms with Gasteiger partial charge < -0.3 is 24.7 Å². The highest BCUT2D eigenvalue weighted by Gasteiger charge is 2.32. The molecule has 1 saturated heterocycles. The Balaban J connectivity index is 0.000000275. The molecule has 1 atom stereocenters. The van der Waals surface area contributed by atoms with Gasteiger partial charge in [0.1, 0.15) is 5.75 Å². The molecule has 8 heteroatoms. The second-order valence-electron chi connectivity index (χ2n) is 7.09. The molecular weight excluding hydrogens is 408 g/mol. The van der Waals surface area contributed by atoms with Gasteiger partial charge in [-0.25, -0.2) is 9.59 Å². The number of rotatable bonds is 2. The van der Waals surface area contributed by atoms with Gasteiger partial charge in [-0.1, -0.05) is 23.7 Å².